The second-order valence-corrected chi connectivity index (χ2v) is 6.70. The first-order valence-corrected chi connectivity index (χ1v) is 8.16. The van der Waals surface area contributed by atoms with Gasteiger partial charge >= 0.3 is 0 Å². The highest BCUT2D eigenvalue weighted by Gasteiger charge is 2.49. The number of amides is 2. The topological polar surface area (TPSA) is 90.5 Å². The van der Waals surface area contributed by atoms with Crippen LogP contribution in [0.15, 0.2) is 12.3 Å². The zero-order valence-electron chi connectivity index (χ0n) is 13.5. The Labute approximate surface area is 135 Å². The molecule has 0 aromatic carbocycles. The van der Waals surface area contributed by atoms with Crippen LogP contribution in [-0.2, 0) is 20.9 Å². The van der Waals surface area contributed by atoms with Gasteiger partial charge in [0.05, 0.1) is 11.8 Å². The van der Waals surface area contributed by atoms with Crippen LogP contribution in [0.1, 0.15) is 31.4 Å². The Morgan fingerprint density at radius 3 is 2.65 bits per heavy atom. The lowest BCUT2D eigenvalue weighted by molar-refractivity contribution is -0.156. The smallest absolute Gasteiger partial charge is 0.244 e. The van der Waals surface area contributed by atoms with Crippen molar-refractivity contribution in [1.82, 2.24) is 14.7 Å². The molecule has 1 saturated carbocycles. The molecular weight excluding hydrogens is 296 g/mol. The molecule has 2 heterocycles. The van der Waals surface area contributed by atoms with Gasteiger partial charge in [-0.1, -0.05) is 0 Å². The summed E-state index contributed by atoms with van der Waals surface area (Å²) in [6, 6.07) is 1.90. The molecule has 1 spiro atoms. The van der Waals surface area contributed by atoms with Crippen LogP contribution in [0.25, 0.3) is 0 Å². The summed E-state index contributed by atoms with van der Waals surface area (Å²) < 4.78 is 7.32. The van der Waals surface area contributed by atoms with E-state index in [-0.39, 0.29) is 24.0 Å². The predicted octanol–water partition coefficient (Wildman–Crippen LogP) is 0.465. The van der Waals surface area contributed by atoms with Gasteiger partial charge < -0.3 is 15.4 Å². The molecule has 7 nitrogen and oxygen atoms in total. The standard InChI is InChI=1S/C16H24N4O3/c1-12-3-7-20(18-12)10-15(22)19-8-5-16(6-9-19)4-2-13(16)23-11-14(17)21/h3,7,13H,2,4-6,8-11H2,1H3,(H2,17,21). The molecule has 1 aliphatic heterocycles. The number of hydrogen-bond acceptors (Lipinski definition) is 4. The lowest BCUT2D eigenvalue weighted by atomic mass is 9.60. The summed E-state index contributed by atoms with van der Waals surface area (Å²) >= 11 is 0. The van der Waals surface area contributed by atoms with Gasteiger partial charge in [-0.2, -0.15) is 5.10 Å². The number of hydrogen-bond donors (Lipinski definition) is 1. The van der Waals surface area contributed by atoms with Gasteiger partial charge in [0.2, 0.25) is 11.8 Å². The number of carbonyl (C=O) groups is 2. The molecule has 1 aliphatic carbocycles. The van der Waals surface area contributed by atoms with Gasteiger partial charge in [0.1, 0.15) is 13.2 Å². The zero-order valence-corrected chi connectivity index (χ0v) is 13.5. The third-order valence-electron chi connectivity index (χ3n) is 5.20. The van der Waals surface area contributed by atoms with Crippen LogP contribution in [0, 0.1) is 12.3 Å². The van der Waals surface area contributed by atoms with Crippen molar-refractivity contribution in [2.45, 2.75) is 45.3 Å². The van der Waals surface area contributed by atoms with Crippen LogP contribution >= 0.6 is 0 Å². The van der Waals surface area contributed by atoms with Crippen LogP contribution in [0.2, 0.25) is 0 Å². The molecule has 1 aromatic rings. The average molecular weight is 320 g/mol. The molecule has 2 aliphatic rings. The molecule has 1 unspecified atom stereocenters. The number of rotatable bonds is 5. The lowest BCUT2D eigenvalue weighted by Crippen LogP contribution is -2.55. The van der Waals surface area contributed by atoms with Crippen molar-refractivity contribution in [3.05, 3.63) is 18.0 Å². The highest BCUT2D eigenvalue weighted by molar-refractivity contribution is 5.76. The third kappa shape index (κ3) is 3.39. The maximum absolute atomic E-state index is 12.4. The fourth-order valence-corrected chi connectivity index (χ4v) is 3.68. The fraction of sp³-hybridized carbons (Fsp3) is 0.688. The van der Waals surface area contributed by atoms with Gasteiger partial charge in [-0.25, -0.2) is 0 Å². The Bertz CT molecular complexity index is 590. The Kier molecular flexibility index (Phi) is 4.39. The van der Waals surface area contributed by atoms with E-state index in [1.54, 1.807) is 4.68 Å². The van der Waals surface area contributed by atoms with Crippen LogP contribution in [0.3, 0.4) is 0 Å². The summed E-state index contributed by atoms with van der Waals surface area (Å²) in [5, 5.41) is 4.26. The second kappa shape index (κ2) is 6.31. The van der Waals surface area contributed by atoms with E-state index in [1.165, 1.54) is 0 Å². The summed E-state index contributed by atoms with van der Waals surface area (Å²) in [5.41, 5.74) is 6.20. The SMILES string of the molecule is Cc1ccn(CC(=O)N2CCC3(CCC3OCC(N)=O)CC2)n1. The molecule has 2 amide bonds. The van der Waals surface area contributed by atoms with Gasteiger partial charge in [0.15, 0.2) is 0 Å². The minimum absolute atomic E-state index is 0.00624. The summed E-state index contributed by atoms with van der Waals surface area (Å²) in [5.74, 6) is -0.314. The summed E-state index contributed by atoms with van der Waals surface area (Å²) in [4.78, 5) is 25.1. The molecule has 7 heteroatoms. The first-order valence-electron chi connectivity index (χ1n) is 8.16. The van der Waals surface area contributed by atoms with Gasteiger partial charge in [0, 0.05) is 24.7 Å². The van der Waals surface area contributed by atoms with Crippen LogP contribution in [-0.4, -0.2) is 52.3 Å². The van der Waals surface area contributed by atoms with Gasteiger partial charge in [-0.3, -0.25) is 14.3 Å². The molecule has 1 atom stereocenters. The number of aromatic nitrogens is 2. The number of piperidine rings is 1. The molecule has 2 N–H and O–H groups in total. The molecule has 126 valence electrons. The number of aryl methyl sites for hydroxylation is 1. The largest absolute Gasteiger partial charge is 0.368 e. The second-order valence-electron chi connectivity index (χ2n) is 6.70. The monoisotopic (exact) mass is 320 g/mol. The van der Waals surface area contributed by atoms with Crippen molar-refractivity contribution >= 4 is 11.8 Å². The van der Waals surface area contributed by atoms with Crippen molar-refractivity contribution in [3.63, 3.8) is 0 Å². The summed E-state index contributed by atoms with van der Waals surface area (Å²) in [6.45, 7) is 3.69. The zero-order chi connectivity index (χ0) is 16.4. The number of primary amides is 1. The predicted molar refractivity (Wildman–Crippen MR) is 83.4 cm³/mol. The molecule has 0 bridgehead atoms. The first-order chi connectivity index (χ1) is 11.0. The van der Waals surface area contributed by atoms with Crippen molar-refractivity contribution in [2.24, 2.45) is 11.1 Å². The maximum atomic E-state index is 12.4. The lowest BCUT2D eigenvalue weighted by Gasteiger charge is -2.53. The van der Waals surface area contributed by atoms with E-state index in [0.717, 1.165) is 44.5 Å². The summed E-state index contributed by atoms with van der Waals surface area (Å²) in [6.07, 6.45) is 5.89. The fourth-order valence-electron chi connectivity index (χ4n) is 3.68. The Balaban J connectivity index is 1.50. The number of likely N-dealkylation sites (tertiary alicyclic amines) is 1. The van der Waals surface area contributed by atoms with E-state index in [2.05, 4.69) is 5.10 Å². The van der Waals surface area contributed by atoms with E-state index in [0.29, 0.717) is 6.54 Å². The number of ether oxygens (including phenoxy) is 1. The van der Waals surface area contributed by atoms with Crippen molar-refractivity contribution in [2.75, 3.05) is 19.7 Å². The van der Waals surface area contributed by atoms with Crippen molar-refractivity contribution in [1.29, 1.82) is 0 Å². The van der Waals surface area contributed by atoms with Crippen LogP contribution in [0.5, 0.6) is 0 Å². The molecule has 23 heavy (non-hydrogen) atoms. The minimum Gasteiger partial charge on any atom is -0.368 e. The number of carbonyl (C=O) groups excluding carboxylic acids is 2. The molecular formula is C16H24N4O3. The number of nitrogens with zero attached hydrogens (tertiary/aromatic N) is 3. The van der Waals surface area contributed by atoms with Crippen LogP contribution < -0.4 is 5.73 Å². The van der Waals surface area contributed by atoms with E-state index in [1.807, 2.05) is 24.1 Å². The Morgan fingerprint density at radius 2 is 2.13 bits per heavy atom. The van der Waals surface area contributed by atoms with Crippen LogP contribution in [0.4, 0.5) is 0 Å². The van der Waals surface area contributed by atoms with E-state index in [9.17, 15) is 9.59 Å². The molecule has 0 radical (unpaired) electrons. The average Bonchev–Trinajstić information content (AvgIpc) is 2.91. The van der Waals surface area contributed by atoms with Crippen molar-refractivity contribution in [3.8, 4) is 0 Å². The minimum atomic E-state index is -0.422. The van der Waals surface area contributed by atoms with E-state index in [4.69, 9.17) is 10.5 Å². The molecule has 2 fully saturated rings. The Morgan fingerprint density at radius 1 is 1.39 bits per heavy atom. The van der Waals surface area contributed by atoms with Gasteiger partial charge in [-0.15, -0.1) is 0 Å². The normalized spacial score (nSPS) is 22.8. The third-order valence-corrected chi connectivity index (χ3v) is 5.20. The van der Waals surface area contributed by atoms with Gasteiger partial charge in [0.25, 0.3) is 0 Å². The summed E-state index contributed by atoms with van der Waals surface area (Å²) in [7, 11) is 0. The quantitative estimate of drug-likeness (QED) is 0.853. The van der Waals surface area contributed by atoms with Gasteiger partial charge in [-0.05, 0) is 38.7 Å². The highest BCUT2D eigenvalue weighted by Crippen LogP contribution is 2.50. The van der Waals surface area contributed by atoms with Crippen molar-refractivity contribution < 1.29 is 14.3 Å². The van der Waals surface area contributed by atoms with E-state index >= 15 is 0 Å². The number of nitrogens with two attached hydrogens (primary N) is 1. The maximum Gasteiger partial charge on any atom is 0.244 e. The molecule has 1 aromatic heterocycles. The van der Waals surface area contributed by atoms with E-state index < -0.39 is 5.91 Å². The first kappa shape index (κ1) is 16.0. The highest BCUT2D eigenvalue weighted by atomic mass is 16.5. The molecule has 1 saturated heterocycles. The Hall–Kier alpha value is -1.89. The molecule has 3 rings (SSSR count).